The van der Waals surface area contributed by atoms with E-state index in [4.69, 9.17) is 4.74 Å². The van der Waals surface area contributed by atoms with Gasteiger partial charge in [-0.2, -0.15) is 0 Å². The van der Waals surface area contributed by atoms with Gasteiger partial charge in [0.2, 0.25) is 0 Å². The van der Waals surface area contributed by atoms with E-state index in [1.807, 2.05) is 0 Å². The van der Waals surface area contributed by atoms with Gasteiger partial charge in [0.05, 0.1) is 7.11 Å². The third-order valence-corrected chi connectivity index (χ3v) is 5.31. The summed E-state index contributed by atoms with van der Waals surface area (Å²) >= 11 is 0. The van der Waals surface area contributed by atoms with Gasteiger partial charge in [0, 0.05) is 12.1 Å². The minimum absolute atomic E-state index is 0.0375. The Morgan fingerprint density at radius 2 is 2.10 bits per heavy atom. The first-order valence-electron chi connectivity index (χ1n) is 8.63. The largest absolute Gasteiger partial charge is 0.468 e. The van der Waals surface area contributed by atoms with Crippen molar-refractivity contribution in [2.24, 2.45) is 5.92 Å². The number of ether oxygens (including phenoxy) is 1. The number of hydrogen-bond acceptors (Lipinski definition) is 4. The summed E-state index contributed by atoms with van der Waals surface area (Å²) in [6.07, 6.45) is 6.71. The molecule has 1 N–H and O–H groups in total. The van der Waals surface area contributed by atoms with E-state index in [1.54, 1.807) is 0 Å². The SMILES string of the molecule is CCN(CCC1CCCC1(NC1CC1)C(=O)OC)C(C)C. The molecule has 21 heavy (non-hydrogen) atoms. The predicted molar refractivity (Wildman–Crippen MR) is 85.2 cm³/mol. The van der Waals surface area contributed by atoms with E-state index < -0.39 is 5.54 Å². The molecule has 2 fully saturated rings. The van der Waals surface area contributed by atoms with Crippen LogP contribution in [0.15, 0.2) is 0 Å². The lowest BCUT2D eigenvalue weighted by Gasteiger charge is -2.36. The molecule has 2 aliphatic rings. The fraction of sp³-hybridized carbons (Fsp3) is 0.941. The molecule has 2 saturated carbocycles. The highest BCUT2D eigenvalue weighted by Crippen LogP contribution is 2.41. The Kier molecular flexibility index (Phi) is 5.67. The molecule has 0 amide bonds. The number of nitrogens with one attached hydrogen (secondary N) is 1. The summed E-state index contributed by atoms with van der Waals surface area (Å²) in [4.78, 5) is 14.9. The van der Waals surface area contributed by atoms with Crippen LogP contribution in [-0.4, -0.2) is 48.7 Å². The molecule has 4 heteroatoms. The molecule has 0 spiro atoms. The number of nitrogens with zero attached hydrogens (tertiary/aromatic N) is 1. The average Bonchev–Trinajstić information content (AvgIpc) is 3.18. The Hall–Kier alpha value is -0.610. The van der Waals surface area contributed by atoms with Gasteiger partial charge in [-0.3, -0.25) is 10.1 Å². The standard InChI is InChI=1S/C17H32N2O2/c1-5-19(13(2)3)12-10-14-7-6-11-17(14,16(20)21-4)18-15-8-9-15/h13-15,18H,5-12H2,1-4H3. The number of hydrogen-bond donors (Lipinski definition) is 1. The monoisotopic (exact) mass is 296 g/mol. The van der Waals surface area contributed by atoms with Crippen LogP contribution in [0.25, 0.3) is 0 Å². The van der Waals surface area contributed by atoms with Gasteiger partial charge in [-0.25, -0.2) is 0 Å². The summed E-state index contributed by atoms with van der Waals surface area (Å²) in [6.45, 7) is 8.85. The normalized spacial score (nSPS) is 29.3. The molecule has 0 heterocycles. The molecule has 0 aliphatic heterocycles. The number of esters is 1. The smallest absolute Gasteiger partial charge is 0.326 e. The summed E-state index contributed by atoms with van der Waals surface area (Å²) < 4.78 is 5.16. The van der Waals surface area contributed by atoms with Crippen LogP contribution in [0.2, 0.25) is 0 Å². The summed E-state index contributed by atoms with van der Waals surface area (Å²) in [5.41, 5.74) is -0.410. The molecule has 0 aromatic heterocycles. The maximum atomic E-state index is 12.5. The van der Waals surface area contributed by atoms with Gasteiger partial charge in [0.25, 0.3) is 0 Å². The van der Waals surface area contributed by atoms with Crippen LogP contribution >= 0.6 is 0 Å². The van der Waals surface area contributed by atoms with Gasteiger partial charge in [-0.05, 0) is 65.0 Å². The molecule has 122 valence electrons. The third kappa shape index (κ3) is 3.78. The van der Waals surface area contributed by atoms with Gasteiger partial charge in [-0.15, -0.1) is 0 Å². The van der Waals surface area contributed by atoms with Crippen LogP contribution in [0.3, 0.4) is 0 Å². The first kappa shape index (κ1) is 16.8. The van der Waals surface area contributed by atoms with E-state index in [9.17, 15) is 4.79 Å². The fourth-order valence-electron chi connectivity index (χ4n) is 3.86. The van der Waals surface area contributed by atoms with Crippen molar-refractivity contribution in [3.05, 3.63) is 0 Å². The molecule has 2 unspecified atom stereocenters. The van der Waals surface area contributed by atoms with Crippen LogP contribution in [0, 0.1) is 5.92 Å². The second-order valence-corrected chi connectivity index (χ2v) is 6.98. The lowest BCUT2D eigenvalue weighted by Crippen LogP contribution is -2.56. The van der Waals surface area contributed by atoms with E-state index in [2.05, 4.69) is 31.0 Å². The highest BCUT2D eigenvalue weighted by atomic mass is 16.5. The van der Waals surface area contributed by atoms with Gasteiger partial charge >= 0.3 is 5.97 Å². The Bertz CT molecular complexity index is 355. The number of rotatable bonds is 8. The van der Waals surface area contributed by atoms with Crippen LogP contribution in [0.4, 0.5) is 0 Å². The minimum Gasteiger partial charge on any atom is -0.468 e. The van der Waals surface area contributed by atoms with Crippen LogP contribution < -0.4 is 5.32 Å². The second kappa shape index (κ2) is 7.10. The van der Waals surface area contributed by atoms with Crippen molar-refractivity contribution < 1.29 is 9.53 Å². The summed E-state index contributed by atoms with van der Waals surface area (Å²) in [5.74, 6) is 0.378. The molecule has 2 aliphatic carbocycles. The maximum Gasteiger partial charge on any atom is 0.326 e. The molecular weight excluding hydrogens is 264 g/mol. The molecule has 0 aromatic carbocycles. The summed E-state index contributed by atoms with van der Waals surface area (Å²) in [5, 5.41) is 3.65. The predicted octanol–water partition coefficient (Wildman–Crippen LogP) is 2.57. The van der Waals surface area contributed by atoms with Gasteiger partial charge in [0.15, 0.2) is 0 Å². The summed E-state index contributed by atoms with van der Waals surface area (Å²) in [7, 11) is 1.53. The zero-order chi connectivity index (χ0) is 15.5. The van der Waals surface area contributed by atoms with E-state index in [1.165, 1.54) is 20.0 Å². The van der Waals surface area contributed by atoms with Gasteiger partial charge in [0.1, 0.15) is 5.54 Å². The number of carbonyl (C=O) groups excluding carboxylic acids is 1. The topological polar surface area (TPSA) is 41.6 Å². The van der Waals surface area contributed by atoms with Crippen molar-refractivity contribution in [2.75, 3.05) is 20.2 Å². The molecular formula is C17H32N2O2. The zero-order valence-corrected chi connectivity index (χ0v) is 14.2. The number of carbonyl (C=O) groups is 1. The van der Waals surface area contributed by atoms with Crippen molar-refractivity contribution in [3.8, 4) is 0 Å². The second-order valence-electron chi connectivity index (χ2n) is 6.98. The maximum absolute atomic E-state index is 12.5. The fourth-order valence-corrected chi connectivity index (χ4v) is 3.86. The average molecular weight is 296 g/mol. The molecule has 0 radical (unpaired) electrons. The van der Waals surface area contributed by atoms with Crippen molar-refractivity contribution >= 4 is 5.97 Å². The van der Waals surface area contributed by atoms with E-state index >= 15 is 0 Å². The van der Waals surface area contributed by atoms with E-state index in [0.29, 0.717) is 18.0 Å². The quantitative estimate of drug-likeness (QED) is 0.699. The van der Waals surface area contributed by atoms with Crippen LogP contribution in [0.5, 0.6) is 0 Å². The highest BCUT2D eigenvalue weighted by Gasteiger charge is 2.51. The first-order valence-corrected chi connectivity index (χ1v) is 8.63. The molecule has 0 saturated heterocycles. The lowest BCUT2D eigenvalue weighted by molar-refractivity contribution is -0.150. The summed E-state index contributed by atoms with van der Waals surface area (Å²) in [6, 6.07) is 1.11. The van der Waals surface area contributed by atoms with Gasteiger partial charge < -0.3 is 9.64 Å². The number of methoxy groups -OCH3 is 1. The molecule has 2 atom stereocenters. The first-order chi connectivity index (χ1) is 10.0. The Morgan fingerprint density at radius 3 is 2.62 bits per heavy atom. The van der Waals surface area contributed by atoms with E-state index in [-0.39, 0.29) is 5.97 Å². The molecule has 2 rings (SSSR count). The van der Waals surface area contributed by atoms with Crippen molar-refractivity contribution in [1.82, 2.24) is 10.2 Å². The molecule has 0 aromatic rings. The Morgan fingerprint density at radius 1 is 1.38 bits per heavy atom. The Balaban J connectivity index is 2.02. The van der Waals surface area contributed by atoms with Gasteiger partial charge in [-0.1, -0.05) is 13.3 Å². The zero-order valence-electron chi connectivity index (χ0n) is 14.2. The highest BCUT2D eigenvalue weighted by molar-refractivity contribution is 5.81. The van der Waals surface area contributed by atoms with Crippen LogP contribution in [0.1, 0.15) is 59.3 Å². The van der Waals surface area contributed by atoms with Crippen molar-refractivity contribution in [1.29, 1.82) is 0 Å². The lowest BCUT2D eigenvalue weighted by atomic mass is 9.84. The van der Waals surface area contributed by atoms with Crippen molar-refractivity contribution in [3.63, 3.8) is 0 Å². The Labute approximate surface area is 129 Å². The molecule has 4 nitrogen and oxygen atoms in total. The molecule has 0 bridgehead atoms. The van der Waals surface area contributed by atoms with Crippen LogP contribution in [-0.2, 0) is 9.53 Å². The third-order valence-electron chi connectivity index (χ3n) is 5.31. The van der Waals surface area contributed by atoms with E-state index in [0.717, 1.165) is 38.8 Å². The minimum atomic E-state index is -0.410. The van der Waals surface area contributed by atoms with Crippen molar-refractivity contribution in [2.45, 2.75) is 76.9 Å².